The first-order valence-corrected chi connectivity index (χ1v) is 9.83. The minimum atomic E-state index is -0.972. The first kappa shape index (κ1) is 22.4. The Morgan fingerprint density at radius 2 is 1.69 bits per heavy atom. The van der Waals surface area contributed by atoms with Gasteiger partial charge in [0.2, 0.25) is 0 Å². The largest absolute Gasteiger partial charge is 0.370 e. The Morgan fingerprint density at radius 3 is 2.44 bits per heavy atom. The molecule has 0 atom stereocenters. The number of guanidine groups is 1. The molecule has 9 heteroatoms. The minimum Gasteiger partial charge on any atom is -0.370 e. The van der Waals surface area contributed by atoms with E-state index in [0.29, 0.717) is 12.0 Å². The molecule has 0 aliphatic carbocycles. The Morgan fingerprint density at radius 1 is 0.938 bits per heavy atom. The molecule has 0 radical (unpaired) electrons. The minimum absolute atomic E-state index is 0.0326. The van der Waals surface area contributed by atoms with Crippen molar-refractivity contribution in [1.82, 2.24) is 5.32 Å². The molecular weight excluding hydrogens is 413 g/mol. The molecule has 2 amide bonds. The molecule has 0 saturated heterocycles. The van der Waals surface area contributed by atoms with Crippen LogP contribution in [0.2, 0.25) is 0 Å². The van der Waals surface area contributed by atoms with Crippen LogP contribution in [0.15, 0.2) is 65.7 Å². The molecule has 6 N–H and O–H groups in total. The normalized spacial score (nSPS) is 10.4. The van der Waals surface area contributed by atoms with Gasteiger partial charge in [-0.3, -0.25) is 19.4 Å². The van der Waals surface area contributed by atoms with Crippen LogP contribution in [0.5, 0.6) is 0 Å². The second kappa shape index (κ2) is 10.2. The lowest BCUT2D eigenvalue weighted by Gasteiger charge is -2.11. The van der Waals surface area contributed by atoms with Gasteiger partial charge in [-0.1, -0.05) is 30.3 Å². The summed E-state index contributed by atoms with van der Waals surface area (Å²) in [6.45, 7) is 0.430. The van der Waals surface area contributed by atoms with Crippen LogP contribution in [-0.2, 0) is 4.79 Å². The molecule has 0 aliphatic rings. The Hall–Kier alpha value is -4.27. The zero-order valence-corrected chi connectivity index (χ0v) is 17.1. The summed E-state index contributed by atoms with van der Waals surface area (Å²) >= 11 is 0. The predicted molar refractivity (Wildman–Crippen MR) is 121 cm³/mol. The van der Waals surface area contributed by atoms with E-state index in [1.807, 2.05) is 24.3 Å². The van der Waals surface area contributed by atoms with Gasteiger partial charge in [0, 0.05) is 18.7 Å². The summed E-state index contributed by atoms with van der Waals surface area (Å²) in [6.07, 6.45) is 0.408. The number of ketones is 1. The van der Waals surface area contributed by atoms with Crippen LogP contribution in [0.3, 0.4) is 0 Å². The number of rotatable bonds is 8. The number of amides is 2. The quantitative estimate of drug-likeness (QED) is 0.141. The number of Topliss-reactive ketones (excluding diaryl/α,β-unsaturated/α-hetero) is 1. The summed E-state index contributed by atoms with van der Waals surface area (Å²) in [5, 5.41) is 6.86. The summed E-state index contributed by atoms with van der Waals surface area (Å²) in [6, 6.07) is 16.0. The van der Waals surface area contributed by atoms with Crippen LogP contribution >= 0.6 is 0 Å². The molecule has 0 spiro atoms. The maximum atomic E-state index is 13.8. The van der Waals surface area contributed by atoms with Crippen molar-refractivity contribution in [1.29, 1.82) is 0 Å². The summed E-state index contributed by atoms with van der Waals surface area (Å²) < 4.78 is 13.8. The van der Waals surface area contributed by atoms with E-state index in [9.17, 15) is 18.8 Å². The standard InChI is InChI=1S/C23H22FN5O3/c24-17-8-9-19(18(13-17)20(30)22(32)27-10-3-11-28-23(25)26)29-21(31)16-7-6-14-4-1-2-5-15(14)12-16/h1-2,4-9,12-13H,3,10-11H2,(H,27,32)(H,29,31)(H4,25,26,28). The van der Waals surface area contributed by atoms with Crippen LogP contribution in [-0.4, -0.2) is 36.6 Å². The van der Waals surface area contributed by atoms with Gasteiger partial charge in [-0.05, 0) is 47.5 Å². The van der Waals surface area contributed by atoms with E-state index in [0.717, 1.165) is 22.9 Å². The third-order valence-corrected chi connectivity index (χ3v) is 4.61. The fourth-order valence-electron chi connectivity index (χ4n) is 3.03. The number of nitrogens with two attached hydrogens (primary N) is 2. The van der Waals surface area contributed by atoms with Crippen molar-refractivity contribution >= 4 is 40.0 Å². The van der Waals surface area contributed by atoms with E-state index in [4.69, 9.17) is 11.5 Å². The lowest BCUT2D eigenvalue weighted by Crippen LogP contribution is -2.33. The number of halogens is 1. The van der Waals surface area contributed by atoms with Crippen molar-refractivity contribution < 1.29 is 18.8 Å². The highest BCUT2D eigenvalue weighted by atomic mass is 19.1. The van der Waals surface area contributed by atoms with E-state index in [1.54, 1.807) is 18.2 Å². The number of nitrogens with one attached hydrogen (secondary N) is 2. The molecule has 8 nitrogen and oxygen atoms in total. The monoisotopic (exact) mass is 435 g/mol. The first-order valence-electron chi connectivity index (χ1n) is 9.83. The van der Waals surface area contributed by atoms with E-state index in [-0.39, 0.29) is 30.3 Å². The number of fused-ring (bicyclic) bond motifs is 1. The molecular formula is C23H22FN5O3. The second-order valence-electron chi connectivity index (χ2n) is 6.95. The maximum absolute atomic E-state index is 13.8. The van der Waals surface area contributed by atoms with Gasteiger partial charge in [0.25, 0.3) is 17.6 Å². The van der Waals surface area contributed by atoms with Crippen LogP contribution in [0.25, 0.3) is 10.8 Å². The van der Waals surface area contributed by atoms with Crippen LogP contribution in [0.4, 0.5) is 10.1 Å². The highest BCUT2D eigenvalue weighted by Crippen LogP contribution is 2.21. The molecule has 32 heavy (non-hydrogen) atoms. The highest BCUT2D eigenvalue weighted by molar-refractivity contribution is 6.44. The van der Waals surface area contributed by atoms with Gasteiger partial charge in [0.1, 0.15) is 5.82 Å². The van der Waals surface area contributed by atoms with Gasteiger partial charge in [0.05, 0.1) is 11.3 Å². The highest BCUT2D eigenvalue weighted by Gasteiger charge is 2.21. The first-order chi connectivity index (χ1) is 15.3. The average molecular weight is 435 g/mol. The topological polar surface area (TPSA) is 140 Å². The van der Waals surface area contributed by atoms with E-state index in [1.165, 1.54) is 6.07 Å². The number of carbonyl (C=O) groups excluding carboxylic acids is 3. The molecule has 0 saturated carbocycles. The number of anilines is 1. The second-order valence-corrected chi connectivity index (χ2v) is 6.95. The van der Waals surface area contributed by atoms with E-state index < -0.39 is 23.4 Å². The molecule has 0 aromatic heterocycles. The van der Waals surface area contributed by atoms with Crippen molar-refractivity contribution in [2.45, 2.75) is 6.42 Å². The fourth-order valence-corrected chi connectivity index (χ4v) is 3.03. The molecule has 0 aliphatic heterocycles. The number of nitrogens with zero attached hydrogens (tertiary/aromatic N) is 1. The Bertz CT molecular complexity index is 1210. The fraction of sp³-hybridized carbons (Fsp3) is 0.130. The maximum Gasteiger partial charge on any atom is 0.292 e. The number of carbonyl (C=O) groups is 3. The Balaban J connectivity index is 1.73. The smallest absolute Gasteiger partial charge is 0.292 e. The summed E-state index contributed by atoms with van der Waals surface area (Å²) in [5.41, 5.74) is 10.6. The van der Waals surface area contributed by atoms with Crippen LogP contribution in [0, 0.1) is 5.82 Å². The molecule has 3 rings (SSSR count). The predicted octanol–water partition coefficient (Wildman–Crippen LogP) is 2.19. The molecule has 164 valence electrons. The molecule has 0 fully saturated rings. The summed E-state index contributed by atoms with van der Waals surface area (Å²) in [5.74, 6) is -3.17. The Kier molecular flexibility index (Phi) is 7.12. The number of aliphatic imine (C=N–C) groups is 1. The van der Waals surface area contributed by atoms with Gasteiger partial charge >= 0.3 is 0 Å². The average Bonchev–Trinajstić information content (AvgIpc) is 2.78. The SMILES string of the molecule is NC(N)=NCCCNC(=O)C(=O)c1cc(F)ccc1NC(=O)c1ccc2ccccc2c1. The lowest BCUT2D eigenvalue weighted by molar-refractivity contribution is -0.117. The molecule has 0 heterocycles. The van der Waals surface area contributed by atoms with Crippen molar-refractivity contribution in [2.24, 2.45) is 16.5 Å². The zero-order chi connectivity index (χ0) is 23.1. The third-order valence-electron chi connectivity index (χ3n) is 4.61. The molecule has 3 aromatic carbocycles. The van der Waals surface area contributed by atoms with Gasteiger partial charge < -0.3 is 22.1 Å². The van der Waals surface area contributed by atoms with Crippen molar-refractivity contribution in [3.05, 3.63) is 77.6 Å². The molecule has 0 bridgehead atoms. The van der Waals surface area contributed by atoms with Gasteiger partial charge in [0.15, 0.2) is 5.96 Å². The van der Waals surface area contributed by atoms with E-state index >= 15 is 0 Å². The van der Waals surface area contributed by atoms with Crippen LogP contribution < -0.4 is 22.1 Å². The number of hydrogen-bond acceptors (Lipinski definition) is 4. The van der Waals surface area contributed by atoms with Crippen LogP contribution in [0.1, 0.15) is 27.1 Å². The third kappa shape index (κ3) is 5.66. The lowest BCUT2D eigenvalue weighted by atomic mass is 10.0. The Labute approximate surface area is 183 Å². The summed E-state index contributed by atoms with van der Waals surface area (Å²) in [7, 11) is 0. The van der Waals surface area contributed by atoms with Gasteiger partial charge in [-0.25, -0.2) is 4.39 Å². The number of hydrogen-bond donors (Lipinski definition) is 4. The summed E-state index contributed by atoms with van der Waals surface area (Å²) in [4.78, 5) is 41.3. The van der Waals surface area contributed by atoms with Crippen molar-refractivity contribution in [3.63, 3.8) is 0 Å². The van der Waals surface area contributed by atoms with Crippen molar-refractivity contribution in [3.8, 4) is 0 Å². The molecule has 0 unspecified atom stereocenters. The van der Waals surface area contributed by atoms with Gasteiger partial charge in [-0.15, -0.1) is 0 Å². The zero-order valence-electron chi connectivity index (χ0n) is 17.1. The molecule has 3 aromatic rings. The van der Waals surface area contributed by atoms with E-state index in [2.05, 4.69) is 15.6 Å². The van der Waals surface area contributed by atoms with Crippen molar-refractivity contribution in [2.75, 3.05) is 18.4 Å². The van der Waals surface area contributed by atoms with Gasteiger partial charge in [-0.2, -0.15) is 0 Å². The number of benzene rings is 3.